The second-order valence-corrected chi connectivity index (χ2v) is 7.45. The molecule has 0 spiro atoms. The van der Waals surface area contributed by atoms with Crippen molar-refractivity contribution in [3.63, 3.8) is 0 Å². The fourth-order valence-electron chi connectivity index (χ4n) is 3.07. The zero-order valence-electron chi connectivity index (χ0n) is 16.9. The number of ether oxygens (including phenoxy) is 2. The Morgan fingerprint density at radius 2 is 1.88 bits per heavy atom. The smallest absolute Gasteiger partial charge is 0.363 e. The molecule has 1 aliphatic rings. The van der Waals surface area contributed by atoms with Crippen LogP contribution in [0.1, 0.15) is 22.3 Å². The van der Waals surface area contributed by atoms with Gasteiger partial charge >= 0.3 is 5.97 Å². The van der Waals surface area contributed by atoms with Gasteiger partial charge in [0.05, 0.1) is 15.5 Å². The van der Waals surface area contributed by atoms with Crippen molar-refractivity contribution >= 4 is 35.2 Å². The lowest BCUT2D eigenvalue weighted by molar-refractivity contribution is -0.384. The van der Waals surface area contributed by atoms with Crippen LogP contribution in [0.5, 0.6) is 5.75 Å². The quantitative estimate of drug-likeness (QED) is 0.215. The molecule has 7 nitrogen and oxygen atoms in total. The van der Waals surface area contributed by atoms with Gasteiger partial charge in [0.2, 0.25) is 5.90 Å². The largest absolute Gasteiger partial charge is 0.489 e. The Labute approximate surface area is 188 Å². The molecule has 8 heteroatoms. The van der Waals surface area contributed by atoms with E-state index in [1.807, 2.05) is 43.3 Å². The van der Waals surface area contributed by atoms with Crippen LogP contribution in [0.25, 0.3) is 6.08 Å². The molecule has 160 valence electrons. The van der Waals surface area contributed by atoms with Crippen LogP contribution in [0, 0.1) is 17.0 Å². The number of nitro groups is 1. The van der Waals surface area contributed by atoms with Crippen molar-refractivity contribution < 1.29 is 19.2 Å². The third kappa shape index (κ3) is 4.68. The highest BCUT2D eigenvalue weighted by Crippen LogP contribution is 2.27. The van der Waals surface area contributed by atoms with Gasteiger partial charge in [-0.1, -0.05) is 48.0 Å². The van der Waals surface area contributed by atoms with Gasteiger partial charge in [0.1, 0.15) is 12.4 Å². The van der Waals surface area contributed by atoms with E-state index in [-0.39, 0.29) is 22.3 Å². The second kappa shape index (κ2) is 9.03. The van der Waals surface area contributed by atoms with Crippen LogP contribution in [-0.4, -0.2) is 16.8 Å². The van der Waals surface area contributed by atoms with Gasteiger partial charge in [-0.2, -0.15) is 0 Å². The van der Waals surface area contributed by atoms with Crippen LogP contribution in [0.3, 0.4) is 0 Å². The first kappa shape index (κ1) is 21.3. The minimum atomic E-state index is -0.630. The van der Waals surface area contributed by atoms with Crippen molar-refractivity contribution in [1.29, 1.82) is 0 Å². The van der Waals surface area contributed by atoms with Crippen LogP contribution in [-0.2, 0) is 16.1 Å². The van der Waals surface area contributed by atoms with E-state index in [4.69, 9.17) is 21.1 Å². The molecule has 0 saturated heterocycles. The normalized spacial score (nSPS) is 14.2. The Morgan fingerprint density at radius 1 is 1.12 bits per heavy atom. The first-order valence-corrected chi connectivity index (χ1v) is 10.0. The van der Waals surface area contributed by atoms with Gasteiger partial charge in [-0.3, -0.25) is 10.1 Å². The summed E-state index contributed by atoms with van der Waals surface area (Å²) in [6.45, 7) is 2.50. The van der Waals surface area contributed by atoms with E-state index < -0.39 is 10.9 Å². The van der Waals surface area contributed by atoms with Crippen molar-refractivity contribution in [1.82, 2.24) is 0 Å². The Bertz CT molecular complexity index is 1270. The predicted octanol–water partition coefficient (Wildman–Crippen LogP) is 5.48. The molecule has 0 amide bonds. The van der Waals surface area contributed by atoms with E-state index in [1.165, 1.54) is 18.2 Å². The average molecular weight is 449 g/mol. The maximum atomic E-state index is 12.2. The summed E-state index contributed by atoms with van der Waals surface area (Å²) >= 11 is 6.10. The van der Waals surface area contributed by atoms with Gasteiger partial charge in [0.15, 0.2) is 5.70 Å². The Morgan fingerprint density at radius 3 is 2.56 bits per heavy atom. The van der Waals surface area contributed by atoms with E-state index in [0.717, 1.165) is 16.7 Å². The molecule has 0 N–H and O–H groups in total. The number of rotatable bonds is 6. The number of nitro benzene ring substituents is 1. The summed E-state index contributed by atoms with van der Waals surface area (Å²) in [6, 6.07) is 19.1. The van der Waals surface area contributed by atoms with Crippen LogP contribution in [0.2, 0.25) is 5.02 Å². The first-order valence-electron chi connectivity index (χ1n) is 9.65. The lowest BCUT2D eigenvalue weighted by Crippen LogP contribution is -2.06. The molecule has 0 bridgehead atoms. The molecule has 32 heavy (non-hydrogen) atoms. The lowest BCUT2D eigenvalue weighted by atomic mass is 10.1. The third-order valence-corrected chi connectivity index (χ3v) is 5.17. The van der Waals surface area contributed by atoms with E-state index in [2.05, 4.69) is 4.99 Å². The summed E-state index contributed by atoms with van der Waals surface area (Å²) in [5.74, 6) is 0.0693. The number of non-ortho nitro benzene ring substituents is 1. The standard InChI is InChI=1S/C24H17ClN2O5/c1-15-4-2-3-5-17(15)14-31-19-9-6-16(7-10-19)12-22-24(28)32-23(26-22)20-11-8-18(27(29)30)13-21(20)25/h2-13H,14H2,1H3/b22-12-. The highest BCUT2D eigenvalue weighted by Gasteiger charge is 2.26. The van der Waals surface area contributed by atoms with E-state index in [1.54, 1.807) is 18.2 Å². The number of halogens is 1. The van der Waals surface area contributed by atoms with Crippen molar-refractivity contribution in [2.45, 2.75) is 13.5 Å². The molecule has 0 radical (unpaired) electrons. The minimum Gasteiger partial charge on any atom is -0.489 e. The van der Waals surface area contributed by atoms with E-state index >= 15 is 0 Å². The minimum absolute atomic E-state index is 0.000618. The SMILES string of the molecule is Cc1ccccc1COc1ccc(/C=C2\N=C(c3ccc([N+](=O)[O-])cc3Cl)OC2=O)cc1. The number of aliphatic imine (C=N–C) groups is 1. The van der Waals surface area contributed by atoms with Gasteiger partial charge in [0.25, 0.3) is 5.69 Å². The van der Waals surface area contributed by atoms with Gasteiger partial charge in [-0.25, -0.2) is 9.79 Å². The van der Waals surface area contributed by atoms with Crippen LogP contribution in [0.4, 0.5) is 5.69 Å². The highest BCUT2D eigenvalue weighted by molar-refractivity contribution is 6.34. The first-order chi connectivity index (χ1) is 15.4. The van der Waals surface area contributed by atoms with Crippen molar-refractivity contribution in [3.8, 4) is 5.75 Å². The zero-order valence-corrected chi connectivity index (χ0v) is 17.7. The molecule has 1 aliphatic heterocycles. The molecule has 0 aliphatic carbocycles. The van der Waals surface area contributed by atoms with Crippen LogP contribution >= 0.6 is 11.6 Å². The molecule has 3 aromatic rings. The number of carbonyl (C=O) groups excluding carboxylic acids is 1. The number of aryl methyl sites for hydroxylation is 1. The fourth-order valence-corrected chi connectivity index (χ4v) is 3.32. The molecule has 0 unspecified atom stereocenters. The topological polar surface area (TPSA) is 91.0 Å². The fraction of sp³-hybridized carbons (Fsp3) is 0.0833. The molecule has 4 rings (SSSR count). The van der Waals surface area contributed by atoms with Gasteiger partial charge in [-0.15, -0.1) is 0 Å². The van der Waals surface area contributed by atoms with Crippen LogP contribution < -0.4 is 4.74 Å². The van der Waals surface area contributed by atoms with Gasteiger partial charge < -0.3 is 9.47 Å². The number of esters is 1. The number of benzene rings is 3. The number of cyclic esters (lactones) is 1. The summed E-state index contributed by atoms with van der Waals surface area (Å²) < 4.78 is 11.0. The molecular formula is C24H17ClN2O5. The lowest BCUT2D eigenvalue weighted by Gasteiger charge is -2.08. The number of carbonyl (C=O) groups is 1. The summed E-state index contributed by atoms with van der Waals surface area (Å²) in [5, 5.41) is 10.9. The third-order valence-electron chi connectivity index (χ3n) is 4.85. The van der Waals surface area contributed by atoms with E-state index in [9.17, 15) is 14.9 Å². The van der Waals surface area contributed by atoms with E-state index in [0.29, 0.717) is 17.9 Å². The molecular weight excluding hydrogens is 432 g/mol. The average Bonchev–Trinajstić information content (AvgIpc) is 3.14. The van der Waals surface area contributed by atoms with Crippen molar-refractivity contribution in [3.05, 3.63) is 110 Å². The second-order valence-electron chi connectivity index (χ2n) is 7.04. The molecule has 0 aromatic heterocycles. The molecule has 0 saturated carbocycles. The highest BCUT2D eigenvalue weighted by atomic mass is 35.5. The van der Waals surface area contributed by atoms with Crippen molar-refractivity contribution in [2.24, 2.45) is 4.99 Å². The molecule has 0 atom stereocenters. The molecule has 1 heterocycles. The predicted molar refractivity (Wildman–Crippen MR) is 121 cm³/mol. The number of hydrogen-bond acceptors (Lipinski definition) is 6. The molecule has 3 aromatic carbocycles. The maximum Gasteiger partial charge on any atom is 0.363 e. The summed E-state index contributed by atoms with van der Waals surface area (Å²) in [7, 11) is 0. The molecule has 0 fully saturated rings. The summed E-state index contributed by atoms with van der Waals surface area (Å²) in [5.41, 5.74) is 3.25. The Kier molecular flexibility index (Phi) is 6.00. The van der Waals surface area contributed by atoms with Crippen molar-refractivity contribution in [2.75, 3.05) is 0 Å². The summed E-state index contributed by atoms with van der Waals surface area (Å²) in [6.07, 6.45) is 1.58. The zero-order chi connectivity index (χ0) is 22.7. The van der Waals surface area contributed by atoms with Crippen LogP contribution in [0.15, 0.2) is 77.4 Å². The maximum absolute atomic E-state index is 12.2. The Hall–Kier alpha value is -3.97. The van der Waals surface area contributed by atoms with Gasteiger partial charge in [-0.05, 0) is 47.9 Å². The number of nitrogens with zero attached hydrogens (tertiary/aromatic N) is 2. The number of hydrogen-bond donors (Lipinski definition) is 0. The Balaban J connectivity index is 1.49. The van der Waals surface area contributed by atoms with Gasteiger partial charge in [0, 0.05) is 12.1 Å². The summed E-state index contributed by atoms with van der Waals surface area (Å²) in [4.78, 5) is 26.7. The monoisotopic (exact) mass is 448 g/mol.